The number of carbonyl (C=O) groups is 2. The Morgan fingerprint density at radius 3 is 2.61 bits per heavy atom. The van der Waals surface area contributed by atoms with E-state index in [1.165, 1.54) is 0 Å². The van der Waals surface area contributed by atoms with Crippen LogP contribution in [0.5, 0.6) is 0 Å². The van der Waals surface area contributed by atoms with E-state index in [1.54, 1.807) is 0 Å². The van der Waals surface area contributed by atoms with Crippen molar-refractivity contribution >= 4 is 23.4 Å². The molecule has 0 radical (unpaired) electrons. The summed E-state index contributed by atoms with van der Waals surface area (Å²) in [5.41, 5.74) is 5.81. The molecule has 0 aromatic heterocycles. The predicted octanol–water partition coefficient (Wildman–Crippen LogP) is 0.525. The number of ether oxygens (including phenoxy) is 1. The first-order valence-corrected chi connectivity index (χ1v) is 12.5. The molecule has 2 saturated heterocycles. The summed E-state index contributed by atoms with van der Waals surface area (Å²) in [7, 11) is 2.01. The lowest BCUT2D eigenvalue weighted by Crippen LogP contribution is -2.84. The molecule has 2 amide bonds. The van der Waals surface area contributed by atoms with Crippen molar-refractivity contribution in [3.63, 3.8) is 0 Å². The SMILES string of the molecule is CC1NN(C)CC1C1CC(C(=O)NC23CC(NC(=O)COC4CCC(Cl)C(F)C4)(C2)C3)NO1. The van der Waals surface area contributed by atoms with Crippen molar-refractivity contribution < 1.29 is 23.6 Å². The van der Waals surface area contributed by atoms with Crippen LogP contribution in [0, 0.1) is 5.92 Å². The number of halogens is 2. The average Bonchev–Trinajstić information content (AvgIpc) is 3.32. The Kier molecular flexibility index (Phi) is 6.37. The summed E-state index contributed by atoms with van der Waals surface area (Å²) in [6, 6.07) is -0.0501. The number of alkyl halides is 2. The van der Waals surface area contributed by atoms with Gasteiger partial charge in [0, 0.05) is 49.5 Å². The van der Waals surface area contributed by atoms with Gasteiger partial charge in [-0.3, -0.25) is 19.9 Å². The molecule has 0 spiro atoms. The average molecular weight is 488 g/mol. The molecule has 4 aliphatic carbocycles. The fraction of sp³-hybridized carbons (Fsp3) is 0.909. The summed E-state index contributed by atoms with van der Waals surface area (Å²) < 4.78 is 19.3. The number of rotatable bonds is 7. The number of hydrazine groups is 1. The standard InChI is InChI=1S/C22H35ClFN5O4/c1-12-14(7-29(2)27-12)18-6-17(28-33-18)20(31)26-22-9-21(10-22,11-22)25-19(30)8-32-13-3-4-15(23)16(24)5-13/h12-18,27-28H,3-11H2,1-2H3,(H,25,30)(H,26,31). The number of nitrogens with zero attached hydrogens (tertiary/aromatic N) is 1. The molecule has 4 N–H and O–H groups in total. The molecule has 186 valence electrons. The maximum atomic E-state index is 13.7. The highest BCUT2D eigenvalue weighted by molar-refractivity contribution is 6.21. The van der Waals surface area contributed by atoms with Crippen molar-refractivity contribution in [1.29, 1.82) is 0 Å². The molecule has 7 atom stereocenters. The quantitative estimate of drug-likeness (QED) is 0.388. The minimum absolute atomic E-state index is 0.000906. The molecule has 7 unspecified atom stereocenters. The summed E-state index contributed by atoms with van der Waals surface area (Å²) in [6.07, 6.45) is 2.99. The van der Waals surface area contributed by atoms with Gasteiger partial charge in [0.15, 0.2) is 0 Å². The van der Waals surface area contributed by atoms with Crippen molar-refractivity contribution in [3.8, 4) is 0 Å². The highest BCUT2D eigenvalue weighted by Crippen LogP contribution is 2.60. The van der Waals surface area contributed by atoms with Gasteiger partial charge in [-0.15, -0.1) is 11.6 Å². The van der Waals surface area contributed by atoms with Crippen molar-refractivity contribution in [2.24, 2.45) is 5.92 Å². The molecular weight excluding hydrogens is 453 g/mol. The first kappa shape index (κ1) is 23.7. The lowest BCUT2D eigenvalue weighted by molar-refractivity contribution is -0.154. The Labute approximate surface area is 198 Å². The molecule has 33 heavy (non-hydrogen) atoms. The van der Waals surface area contributed by atoms with Crippen LogP contribution in [0.15, 0.2) is 0 Å². The van der Waals surface area contributed by atoms with Crippen molar-refractivity contribution in [2.45, 2.75) is 98.8 Å². The van der Waals surface area contributed by atoms with Crippen LogP contribution in [0.4, 0.5) is 4.39 Å². The minimum atomic E-state index is -1.08. The maximum absolute atomic E-state index is 13.7. The van der Waals surface area contributed by atoms with E-state index in [0.29, 0.717) is 31.2 Å². The smallest absolute Gasteiger partial charge is 0.246 e. The zero-order chi connectivity index (χ0) is 23.4. The molecule has 9 nitrogen and oxygen atoms in total. The number of hydroxylamine groups is 1. The number of hydrogen-bond donors (Lipinski definition) is 4. The third kappa shape index (κ3) is 4.75. The fourth-order valence-electron chi connectivity index (χ4n) is 6.45. The van der Waals surface area contributed by atoms with Crippen LogP contribution in [0.1, 0.15) is 51.9 Å². The van der Waals surface area contributed by atoms with Crippen molar-refractivity contribution in [3.05, 3.63) is 0 Å². The lowest BCUT2D eigenvalue weighted by atomic mass is 9.44. The number of nitrogens with one attached hydrogen (secondary N) is 4. The van der Waals surface area contributed by atoms with E-state index >= 15 is 0 Å². The monoisotopic (exact) mass is 487 g/mol. The maximum Gasteiger partial charge on any atom is 0.246 e. The van der Waals surface area contributed by atoms with Crippen LogP contribution in [0.3, 0.4) is 0 Å². The van der Waals surface area contributed by atoms with E-state index in [0.717, 1.165) is 25.8 Å². The Morgan fingerprint density at radius 1 is 1.21 bits per heavy atom. The van der Waals surface area contributed by atoms with Crippen LogP contribution >= 0.6 is 11.6 Å². The van der Waals surface area contributed by atoms with Gasteiger partial charge in [0.25, 0.3) is 0 Å². The fourth-order valence-corrected chi connectivity index (χ4v) is 6.68. The molecule has 6 fully saturated rings. The van der Waals surface area contributed by atoms with Gasteiger partial charge in [0.2, 0.25) is 11.8 Å². The van der Waals surface area contributed by atoms with Crippen molar-refractivity contribution in [1.82, 2.24) is 26.5 Å². The van der Waals surface area contributed by atoms with Gasteiger partial charge >= 0.3 is 0 Å². The van der Waals surface area contributed by atoms with E-state index in [4.69, 9.17) is 21.2 Å². The second kappa shape index (κ2) is 8.87. The third-order valence-electron chi connectivity index (χ3n) is 8.09. The van der Waals surface area contributed by atoms with E-state index in [9.17, 15) is 14.0 Å². The predicted molar refractivity (Wildman–Crippen MR) is 119 cm³/mol. The van der Waals surface area contributed by atoms with Gasteiger partial charge in [-0.05, 0) is 39.0 Å². The molecule has 2 heterocycles. The normalized spacial score (nSPS) is 47.0. The van der Waals surface area contributed by atoms with Gasteiger partial charge in [-0.1, -0.05) is 0 Å². The summed E-state index contributed by atoms with van der Waals surface area (Å²) >= 11 is 5.90. The largest absolute Gasteiger partial charge is 0.368 e. The van der Waals surface area contributed by atoms with Crippen molar-refractivity contribution in [2.75, 3.05) is 20.2 Å². The van der Waals surface area contributed by atoms with E-state index in [2.05, 4.69) is 33.5 Å². The minimum Gasteiger partial charge on any atom is -0.368 e. The van der Waals surface area contributed by atoms with Crippen LogP contribution < -0.4 is 21.5 Å². The van der Waals surface area contributed by atoms with Crippen LogP contribution in [-0.4, -0.2) is 83.9 Å². The number of hydrogen-bond acceptors (Lipinski definition) is 7. The molecule has 2 bridgehead atoms. The van der Waals surface area contributed by atoms with Gasteiger partial charge in [0.1, 0.15) is 18.8 Å². The molecule has 11 heteroatoms. The van der Waals surface area contributed by atoms with Crippen LogP contribution in [0.25, 0.3) is 0 Å². The zero-order valence-corrected chi connectivity index (χ0v) is 20.0. The molecule has 2 aliphatic heterocycles. The zero-order valence-electron chi connectivity index (χ0n) is 19.2. The summed E-state index contributed by atoms with van der Waals surface area (Å²) in [6.45, 7) is 2.95. The molecular formula is C22H35ClFN5O4. The Bertz CT molecular complexity index is 770. The second-order valence-corrected chi connectivity index (χ2v) is 11.5. The Hall–Kier alpha value is -1.04. The molecule has 6 aliphatic rings. The third-order valence-corrected chi connectivity index (χ3v) is 8.58. The van der Waals surface area contributed by atoms with Crippen LogP contribution in [0.2, 0.25) is 0 Å². The van der Waals surface area contributed by atoms with Gasteiger partial charge in [-0.25, -0.2) is 9.40 Å². The lowest BCUT2D eigenvalue weighted by Gasteiger charge is -2.70. The van der Waals surface area contributed by atoms with Gasteiger partial charge in [-0.2, -0.15) is 5.48 Å². The summed E-state index contributed by atoms with van der Waals surface area (Å²) in [5, 5.41) is 7.84. The number of amides is 2. The highest BCUT2D eigenvalue weighted by atomic mass is 35.5. The first-order chi connectivity index (χ1) is 15.7. The first-order valence-electron chi connectivity index (χ1n) is 12.1. The Morgan fingerprint density at radius 2 is 1.94 bits per heavy atom. The highest BCUT2D eigenvalue weighted by Gasteiger charge is 2.69. The molecule has 6 rings (SSSR count). The summed E-state index contributed by atoms with van der Waals surface area (Å²) in [5.74, 6) is 0.107. The van der Waals surface area contributed by atoms with Gasteiger partial charge in [0.05, 0.1) is 17.6 Å². The topological polar surface area (TPSA) is 104 Å². The van der Waals surface area contributed by atoms with E-state index < -0.39 is 11.5 Å². The number of carbonyl (C=O) groups excluding carboxylic acids is 2. The molecule has 0 aromatic rings. The van der Waals surface area contributed by atoms with Crippen LogP contribution in [-0.2, 0) is 19.2 Å². The second-order valence-electron chi connectivity index (χ2n) is 10.9. The Balaban J connectivity index is 1.01. The summed E-state index contributed by atoms with van der Waals surface area (Å²) in [4.78, 5) is 30.9. The molecule has 0 aromatic carbocycles. The van der Waals surface area contributed by atoms with Gasteiger partial charge < -0.3 is 15.4 Å². The van der Waals surface area contributed by atoms with E-state index in [-0.39, 0.29) is 54.2 Å². The van der Waals surface area contributed by atoms with E-state index in [1.807, 2.05) is 7.05 Å². The molecule has 4 saturated carbocycles.